The van der Waals surface area contributed by atoms with Crippen molar-refractivity contribution >= 4 is 15.9 Å². The molecule has 0 aromatic heterocycles. The van der Waals surface area contributed by atoms with Crippen LogP contribution in [0, 0.1) is 0 Å². The molecule has 3 atom stereocenters. The number of hydrogen-bond donors (Lipinski definition) is 1. The molecule has 2 aliphatic rings. The maximum Gasteiger partial charge on any atom is 0.0856 e. The Morgan fingerprint density at radius 1 is 1.42 bits per heavy atom. The van der Waals surface area contributed by atoms with Gasteiger partial charge in [0, 0.05) is 23.1 Å². The molecule has 1 aromatic rings. The lowest BCUT2D eigenvalue weighted by Crippen LogP contribution is -2.53. The predicted molar refractivity (Wildman–Crippen MR) is 80.2 cm³/mol. The zero-order valence-corrected chi connectivity index (χ0v) is 12.7. The van der Waals surface area contributed by atoms with E-state index in [9.17, 15) is 0 Å². The Bertz CT molecular complexity index is 440. The number of rotatable bonds is 3. The third kappa shape index (κ3) is 3.02. The summed E-state index contributed by atoms with van der Waals surface area (Å²) in [6.45, 7) is 3.07. The third-order valence-corrected chi connectivity index (χ3v) is 5.08. The summed E-state index contributed by atoms with van der Waals surface area (Å²) in [6, 6.07) is 9.01. The van der Waals surface area contributed by atoms with E-state index in [-0.39, 0.29) is 12.1 Å². The van der Waals surface area contributed by atoms with Crippen molar-refractivity contribution in [1.29, 1.82) is 0 Å². The van der Waals surface area contributed by atoms with Gasteiger partial charge in [-0.3, -0.25) is 4.90 Å². The number of ether oxygens (including phenoxy) is 1. The molecule has 3 nitrogen and oxygen atoms in total. The molecular formula is C15H21BrN2O. The zero-order valence-electron chi connectivity index (χ0n) is 11.1. The van der Waals surface area contributed by atoms with Gasteiger partial charge in [0.05, 0.1) is 12.7 Å². The van der Waals surface area contributed by atoms with Crippen molar-refractivity contribution in [2.45, 2.75) is 37.5 Å². The fourth-order valence-corrected chi connectivity index (χ4v) is 3.60. The van der Waals surface area contributed by atoms with E-state index in [0.717, 1.165) is 24.0 Å². The molecule has 2 fully saturated rings. The van der Waals surface area contributed by atoms with Gasteiger partial charge in [-0.25, -0.2) is 0 Å². The van der Waals surface area contributed by atoms with Crippen molar-refractivity contribution in [1.82, 2.24) is 4.90 Å². The molecular weight excluding hydrogens is 304 g/mol. The van der Waals surface area contributed by atoms with Crippen molar-refractivity contribution in [3.8, 4) is 0 Å². The van der Waals surface area contributed by atoms with Gasteiger partial charge in [-0.1, -0.05) is 34.1 Å². The Labute approximate surface area is 123 Å². The molecule has 2 aliphatic heterocycles. The quantitative estimate of drug-likeness (QED) is 0.926. The number of benzene rings is 1. The summed E-state index contributed by atoms with van der Waals surface area (Å²) < 4.78 is 7.12. The predicted octanol–water partition coefficient (Wildman–Crippen LogP) is 2.18. The van der Waals surface area contributed by atoms with Crippen LogP contribution in [0.3, 0.4) is 0 Å². The summed E-state index contributed by atoms with van der Waals surface area (Å²) >= 11 is 3.59. The van der Waals surface area contributed by atoms with Crippen LogP contribution in [-0.2, 0) is 11.2 Å². The minimum absolute atomic E-state index is 0.0697. The first-order valence-corrected chi connectivity index (χ1v) is 7.88. The molecule has 104 valence electrons. The second-order valence-electron chi connectivity index (χ2n) is 5.62. The van der Waals surface area contributed by atoms with Crippen LogP contribution in [0.25, 0.3) is 0 Å². The number of nitrogens with two attached hydrogens (primary N) is 1. The first-order valence-electron chi connectivity index (χ1n) is 7.08. The Morgan fingerprint density at radius 3 is 3.11 bits per heavy atom. The number of fused-ring (bicyclic) bond motifs is 1. The Balaban J connectivity index is 1.61. The molecule has 3 unspecified atom stereocenters. The fourth-order valence-electron chi connectivity index (χ4n) is 3.15. The van der Waals surface area contributed by atoms with E-state index in [2.05, 4.69) is 39.0 Å². The Hall–Kier alpha value is -0.420. The lowest BCUT2D eigenvalue weighted by molar-refractivity contribution is -0.0589. The smallest absolute Gasteiger partial charge is 0.0856 e. The molecule has 0 bridgehead atoms. The fraction of sp³-hybridized carbons (Fsp3) is 0.600. The molecule has 3 rings (SSSR count). The molecule has 2 N–H and O–H groups in total. The van der Waals surface area contributed by atoms with Gasteiger partial charge < -0.3 is 10.5 Å². The summed E-state index contributed by atoms with van der Waals surface area (Å²) in [5.41, 5.74) is 7.63. The van der Waals surface area contributed by atoms with E-state index >= 15 is 0 Å². The molecule has 0 radical (unpaired) electrons. The van der Waals surface area contributed by atoms with Crippen LogP contribution in [0.5, 0.6) is 0 Å². The van der Waals surface area contributed by atoms with Crippen LogP contribution in [0.1, 0.15) is 18.4 Å². The number of nitrogens with zero attached hydrogens (tertiary/aromatic N) is 1. The molecule has 0 spiro atoms. The van der Waals surface area contributed by atoms with Gasteiger partial charge in [0.15, 0.2) is 0 Å². The summed E-state index contributed by atoms with van der Waals surface area (Å²) in [5.74, 6) is 0. The van der Waals surface area contributed by atoms with Crippen LogP contribution in [-0.4, -0.2) is 42.8 Å². The topological polar surface area (TPSA) is 38.5 Å². The maximum atomic E-state index is 6.36. The molecule has 2 saturated heterocycles. The normalized spacial score (nSPS) is 29.2. The summed E-state index contributed by atoms with van der Waals surface area (Å²) in [5, 5.41) is 0. The van der Waals surface area contributed by atoms with Gasteiger partial charge in [-0.15, -0.1) is 0 Å². The van der Waals surface area contributed by atoms with Crippen molar-refractivity contribution in [3.63, 3.8) is 0 Å². The molecule has 0 saturated carbocycles. The average Bonchev–Trinajstić information content (AvgIpc) is 2.88. The lowest BCUT2D eigenvalue weighted by atomic mass is 10.0. The molecule has 0 amide bonds. The van der Waals surface area contributed by atoms with Crippen molar-refractivity contribution < 1.29 is 4.74 Å². The zero-order chi connectivity index (χ0) is 13.2. The van der Waals surface area contributed by atoms with E-state index in [4.69, 9.17) is 10.5 Å². The third-order valence-electron chi connectivity index (χ3n) is 4.31. The molecule has 2 heterocycles. The van der Waals surface area contributed by atoms with Gasteiger partial charge in [-0.05, 0) is 37.4 Å². The first-order chi connectivity index (χ1) is 9.24. The summed E-state index contributed by atoms with van der Waals surface area (Å²) in [6.07, 6.45) is 3.62. The van der Waals surface area contributed by atoms with Crippen LogP contribution < -0.4 is 5.73 Å². The number of hydrogen-bond acceptors (Lipinski definition) is 3. The second kappa shape index (κ2) is 5.92. The highest BCUT2D eigenvalue weighted by atomic mass is 79.9. The van der Waals surface area contributed by atoms with Gasteiger partial charge in [-0.2, -0.15) is 0 Å². The Morgan fingerprint density at radius 2 is 2.26 bits per heavy atom. The highest BCUT2D eigenvalue weighted by molar-refractivity contribution is 9.10. The highest BCUT2D eigenvalue weighted by Crippen LogP contribution is 2.25. The SMILES string of the molecule is NC(Cc1ccccc1Br)C1CN2CCCC2CO1. The highest BCUT2D eigenvalue weighted by Gasteiger charge is 2.34. The molecule has 19 heavy (non-hydrogen) atoms. The van der Waals surface area contributed by atoms with E-state index in [1.54, 1.807) is 0 Å². The van der Waals surface area contributed by atoms with Crippen LogP contribution >= 0.6 is 15.9 Å². The second-order valence-corrected chi connectivity index (χ2v) is 6.48. The van der Waals surface area contributed by atoms with Crippen molar-refractivity contribution in [3.05, 3.63) is 34.3 Å². The van der Waals surface area contributed by atoms with E-state index in [0.29, 0.717) is 6.04 Å². The van der Waals surface area contributed by atoms with Crippen molar-refractivity contribution in [2.24, 2.45) is 5.73 Å². The number of morpholine rings is 1. The van der Waals surface area contributed by atoms with Gasteiger partial charge in [0.25, 0.3) is 0 Å². The monoisotopic (exact) mass is 324 g/mol. The van der Waals surface area contributed by atoms with E-state index in [1.807, 2.05) is 6.07 Å². The van der Waals surface area contributed by atoms with E-state index in [1.165, 1.54) is 24.9 Å². The minimum Gasteiger partial charge on any atom is -0.374 e. The summed E-state index contributed by atoms with van der Waals surface area (Å²) in [4.78, 5) is 2.55. The largest absolute Gasteiger partial charge is 0.374 e. The summed E-state index contributed by atoms with van der Waals surface area (Å²) in [7, 11) is 0. The molecule has 0 aliphatic carbocycles. The Kier molecular flexibility index (Phi) is 4.22. The van der Waals surface area contributed by atoms with Gasteiger partial charge >= 0.3 is 0 Å². The average molecular weight is 325 g/mol. The van der Waals surface area contributed by atoms with Gasteiger partial charge in [0.2, 0.25) is 0 Å². The number of halogens is 1. The van der Waals surface area contributed by atoms with E-state index < -0.39 is 0 Å². The van der Waals surface area contributed by atoms with Crippen LogP contribution in [0.2, 0.25) is 0 Å². The molecule has 4 heteroatoms. The van der Waals surface area contributed by atoms with Crippen molar-refractivity contribution in [2.75, 3.05) is 19.7 Å². The van der Waals surface area contributed by atoms with Gasteiger partial charge in [0.1, 0.15) is 0 Å². The lowest BCUT2D eigenvalue weighted by Gasteiger charge is -2.37. The standard InChI is InChI=1S/C15H21BrN2O/c16-13-6-2-1-4-11(13)8-14(17)15-9-18-7-3-5-12(18)10-19-15/h1-2,4,6,12,14-15H,3,5,7-10,17H2. The maximum absolute atomic E-state index is 6.36. The van der Waals surface area contributed by atoms with Crippen LogP contribution in [0.15, 0.2) is 28.7 Å². The first kappa shape index (κ1) is 13.6. The van der Waals surface area contributed by atoms with Crippen LogP contribution in [0.4, 0.5) is 0 Å². The molecule has 1 aromatic carbocycles. The minimum atomic E-state index is 0.0697.